The van der Waals surface area contributed by atoms with Gasteiger partial charge in [0.15, 0.2) is 0 Å². The third kappa shape index (κ3) is 2.71. The van der Waals surface area contributed by atoms with Gasteiger partial charge < -0.3 is 5.32 Å². The number of nitrogens with zero attached hydrogens (tertiary/aromatic N) is 3. The molecule has 0 spiro atoms. The fourth-order valence-corrected chi connectivity index (χ4v) is 2.23. The minimum absolute atomic E-state index is 0.0265. The molecular weight excluding hydrogens is 248 g/mol. The van der Waals surface area contributed by atoms with Gasteiger partial charge in [0.05, 0.1) is 23.0 Å². The van der Waals surface area contributed by atoms with E-state index in [0.717, 1.165) is 24.2 Å². The summed E-state index contributed by atoms with van der Waals surface area (Å²) in [7, 11) is 1.90. The highest BCUT2D eigenvalue weighted by atomic mass is 35.5. The summed E-state index contributed by atoms with van der Waals surface area (Å²) < 4.78 is 1.81. The summed E-state index contributed by atoms with van der Waals surface area (Å²) in [4.78, 5) is 4.17. The van der Waals surface area contributed by atoms with Crippen LogP contribution in [0.5, 0.6) is 0 Å². The predicted molar refractivity (Wildman–Crippen MR) is 72.6 cm³/mol. The van der Waals surface area contributed by atoms with Gasteiger partial charge in [0.2, 0.25) is 0 Å². The van der Waals surface area contributed by atoms with Crippen LogP contribution in [0.1, 0.15) is 30.6 Å². The van der Waals surface area contributed by atoms with Crippen LogP contribution in [0.3, 0.4) is 0 Å². The molecule has 2 rings (SSSR count). The molecule has 0 fully saturated rings. The van der Waals surface area contributed by atoms with Crippen LogP contribution in [-0.4, -0.2) is 21.3 Å². The first-order chi connectivity index (χ1) is 8.74. The Morgan fingerprint density at radius 3 is 2.83 bits per heavy atom. The molecule has 1 unspecified atom stereocenters. The van der Waals surface area contributed by atoms with Gasteiger partial charge in [0.25, 0.3) is 0 Å². The van der Waals surface area contributed by atoms with E-state index in [4.69, 9.17) is 11.6 Å². The first kappa shape index (κ1) is 13.1. The molecule has 5 heteroatoms. The zero-order chi connectivity index (χ0) is 13.0. The van der Waals surface area contributed by atoms with Crippen LogP contribution in [0.4, 0.5) is 0 Å². The second-order valence-electron chi connectivity index (χ2n) is 4.17. The van der Waals surface area contributed by atoms with E-state index in [1.165, 1.54) is 0 Å². The van der Waals surface area contributed by atoms with E-state index in [9.17, 15) is 0 Å². The lowest BCUT2D eigenvalue weighted by Gasteiger charge is -2.19. The third-order valence-corrected chi connectivity index (χ3v) is 3.12. The van der Waals surface area contributed by atoms with Crippen molar-refractivity contribution in [3.8, 4) is 0 Å². The highest BCUT2D eigenvalue weighted by molar-refractivity contribution is 6.31. The molecule has 0 aliphatic heterocycles. The Hall–Kier alpha value is -1.39. The predicted octanol–water partition coefficient (Wildman–Crippen LogP) is 2.56. The van der Waals surface area contributed by atoms with Gasteiger partial charge in [-0.25, -0.2) is 0 Å². The molecule has 18 heavy (non-hydrogen) atoms. The van der Waals surface area contributed by atoms with Gasteiger partial charge in [-0.1, -0.05) is 24.6 Å². The van der Waals surface area contributed by atoms with E-state index < -0.39 is 0 Å². The quantitative estimate of drug-likeness (QED) is 0.903. The van der Waals surface area contributed by atoms with Gasteiger partial charge in [0, 0.05) is 19.4 Å². The van der Waals surface area contributed by atoms with Crippen molar-refractivity contribution in [2.75, 3.05) is 6.54 Å². The zero-order valence-electron chi connectivity index (χ0n) is 10.6. The van der Waals surface area contributed by atoms with E-state index in [1.807, 2.05) is 30.1 Å². The van der Waals surface area contributed by atoms with Crippen molar-refractivity contribution in [3.05, 3.63) is 47.0 Å². The van der Waals surface area contributed by atoms with Crippen molar-refractivity contribution in [3.63, 3.8) is 0 Å². The number of aromatic nitrogens is 3. The summed E-state index contributed by atoms with van der Waals surface area (Å²) in [6, 6.07) is 4.00. The molecule has 96 valence electrons. The minimum atomic E-state index is 0.0265. The molecule has 2 heterocycles. The molecule has 0 aliphatic carbocycles. The molecule has 4 nitrogen and oxygen atoms in total. The first-order valence-electron chi connectivity index (χ1n) is 6.04. The van der Waals surface area contributed by atoms with Crippen LogP contribution >= 0.6 is 11.6 Å². The van der Waals surface area contributed by atoms with Crippen molar-refractivity contribution in [1.82, 2.24) is 20.1 Å². The van der Waals surface area contributed by atoms with E-state index in [-0.39, 0.29) is 6.04 Å². The van der Waals surface area contributed by atoms with Crippen molar-refractivity contribution in [1.29, 1.82) is 0 Å². The van der Waals surface area contributed by atoms with E-state index in [1.54, 1.807) is 12.4 Å². The van der Waals surface area contributed by atoms with E-state index >= 15 is 0 Å². The number of hydrogen-bond donors (Lipinski definition) is 1. The Morgan fingerprint density at radius 1 is 1.44 bits per heavy atom. The average molecular weight is 265 g/mol. The van der Waals surface area contributed by atoms with Gasteiger partial charge >= 0.3 is 0 Å². The summed E-state index contributed by atoms with van der Waals surface area (Å²) in [5.41, 5.74) is 2.06. The molecule has 1 N–H and O–H groups in total. The number of pyridine rings is 1. The van der Waals surface area contributed by atoms with Gasteiger partial charge in [-0.05, 0) is 24.6 Å². The van der Waals surface area contributed by atoms with Gasteiger partial charge in [-0.15, -0.1) is 0 Å². The fourth-order valence-electron chi connectivity index (χ4n) is 1.95. The lowest BCUT2D eigenvalue weighted by molar-refractivity contribution is 0.552. The molecule has 0 amide bonds. The number of rotatable bonds is 5. The number of nitrogens with one attached hydrogen (secondary N) is 1. The molecular formula is C13H17ClN4. The standard InChI is InChI=1S/C13H17ClN4/c1-3-6-16-12(10-5-4-7-15-8-10)13-11(14)9-17-18(13)2/h4-5,7-9,12,16H,3,6H2,1-2H3. The van der Waals surface area contributed by atoms with Crippen LogP contribution in [0.15, 0.2) is 30.7 Å². The molecule has 2 aromatic rings. The maximum atomic E-state index is 6.22. The maximum Gasteiger partial charge on any atom is 0.0837 e. The maximum absolute atomic E-state index is 6.22. The van der Waals surface area contributed by atoms with Crippen molar-refractivity contribution < 1.29 is 0 Å². The van der Waals surface area contributed by atoms with Crippen LogP contribution in [-0.2, 0) is 7.05 Å². The van der Waals surface area contributed by atoms with Crippen molar-refractivity contribution in [2.24, 2.45) is 7.05 Å². The Balaban J connectivity index is 2.37. The molecule has 0 radical (unpaired) electrons. The Labute approximate surface area is 112 Å². The topological polar surface area (TPSA) is 42.7 Å². The van der Waals surface area contributed by atoms with Gasteiger partial charge in [0.1, 0.15) is 0 Å². The molecule has 0 aromatic carbocycles. The van der Waals surface area contributed by atoms with E-state index in [0.29, 0.717) is 5.02 Å². The largest absolute Gasteiger partial charge is 0.305 e. The first-order valence-corrected chi connectivity index (χ1v) is 6.42. The van der Waals surface area contributed by atoms with Crippen LogP contribution in [0.25, 0.3) is 0 Å². The lowest BCUT2D eigenvalue weighted by Crippen LogP contribution is -2.25. The summed E-state index contributed by atoms with van der Waals surface area (Å²) in [6.45, 7) is 3.05. The molecule has 0 saturated heterocycles. The Bertz CT molecular complexity index is 475. The van der Waals surface area contributed by atoms with Crippen LogP contribution in [0.2, 0.25) is 5.02 Å². The summed E-state index contributed by atoms with van der Waals surface area (Å²) in [5, 5.41) is 8.36. The monoisotopic (exact) mass is 264 g/mol. The van der Waals surface area contributed by atoms with Crippen LogP contribution in [0, 0.1) is 0 Å². The number of aryl methyl sites for hydroxylation is 1. The molecule has 0 saturated carbocycles. The lowest BCUT2D eigenvalue weighted by atomic mass is 10.1. The highest BCUT2D eigenvalue weighted by Crippen LogP contribution is 2.27. The minimum Gasteiger partial charge on any atom is -0.305 e. The molecule has 2 aromatic heterocycles. The van der Waals surface area contributed by atoms with Gasteiger partial charge in [-0.2, -0.15) is 5.10 Å². The molecule has 0 aliphatic rings. The smallest absolute Gasteiger partial charge is 0.0837 e. The summed E-state index contributed by atoms with van der Waals surface area (Å²) in [6.07, 6.45) is 6.36. The number of halogens is 1. The molecule has 1 atom stereocenters. The van der Waals surface area contributed by atoms with Gasteiger partial charge in [-0.3, -0.25) is 9.67 Å². The van der Waals surface area contributed by atoms with Crippen LogP contribution < -0.4 is 5.32 Å². The van der Waals surface area contributed by atoms with Crippen molar-refractivity contribution >= 4 is 11.6 Å². The van der Waals surface area contributed by atoms with Crippen molar-refractivity contribution in [2.45, 2.75) is 19.4 Å². The Morgan fingerprint density at radius 2 is 2.28 bits per heavy atom. The zero-order valence-corrected chi connectivity index (χ0v) is 11.4. The Kier molecular flexibility index (Phi) is 4.33. The number of hydrogen-bond acceptors (Lipinski definition) is 3. The highest BCUT2D eigenvalue weighted by Gasteiger charge is 2.20. The average Bonchev–Trinajstić information content (AvgIpc) is 2.72. The fraction of sp³-hybridized carbons (Fsp3) is 0.385. The third-order valence-electron chi connectivity index (χ3n) is 2.83. The summed E-state index contributed by atoms with van der Waals surface area (Å²) >= 11 is 6.22. The second kappa shape index (κ2) is 5.98. The normalized spacial score (nSPS) is 12.6. The molecule has 0 bridgehead atoms. The second-order valence-corrected chi connectivity index (χ2v) is 4.58. The van der Waals surface area contributed by atoms with E-state index in [2.05, 4.69) is 22.3 Å². The summed E-state index contributed by atoms with van der Waals surface area (Å²) in [5.74, 6) is 0. The SMILES string of the molecule is CCCNC(c1cccnc1)c1c(Cl)cnn1C.